The standard InChI is InChI=1S/C18H16N6O2S/c1-12-16-11-20-18(22-14-7-9-15(10-8-14)27(19,25)26)23-24(16)17(21-12)13-5-3-2-4-6-13/h2-11H,1H3,(H,22,23)(H2,19,25,26). The molecule has 3 N–H and O–H groups in total. The van der Waals surface area contributed by atoms with Crippen LogP contribution < -0.4 is 10.5 Å². The largest absolute Gasteiger partial charge is 0.323 e. The Kier molecular flexibility index (Phi) is 4.09. The first-order valence-corrected chi connectivity index (χ1v) is 9.64. The average molecular weight is 380 g/mol. The van der Waals surface area contributed by atoms with Crippen molar-refractivity contribution in [2.45, 2.75) is 11.8 Å². The van der Waals surface area contributed by atoms with E-state index in [9.17, 15) is 8.42 Å². The lowest BCUT2D eigenvalue weighted by atomic mass is 10.2. The van der Waals surface area contributed by atoms with Gasteiger partial charge >= 0.3 is 0 Å². The first-order valence-electron chi connectivity index (χ1n) is 8.09. The number of primary sulfonamides is 1. The minimum atomic E-state index is -3.73. The van der Waals surface area contributed by atoms with Crippen molar-refractivity contribution in [3.8, 4) is 11.4 Å². The minimum Gasteiger partial charge on any atom is -0.323 e. The Morgan fingerprint density at radius 1 is 1.04 bits per heavy atom. The molecule has 0 bridgehead atoms. The molecule has 0 aliphatic rings. The van der Waals surface area contributed by atoms with E-state index in [1.807, 2.05) is 37.3 Å². The number of sulfonamides is 1. The highest BCUT2D eigenvalue weighted by Gasteiger charge is 2.13. The van der Waals surface area contributed by atoms with Gasteiger partial charge in [-0.3, -0.25) is 0 Å². The van der Waals surface area contributed by atoms with Crippen LogP contribution in [-0.4, -0.2) is 28.0 Å². The summed E-state index contributed by atoms with van der Waals surface area (Å²) >= 11 is 0. The first kappa shape index (κ1) is 17.1. The fourth-order valence-electron chi connectivity index (χ4n) is 2.71. The number of nitrogens with one attached hydrogen (secondary N) is 1. The Bertz CT molecular complexity index is 1220. The highest BCUT2D eigenvalue weighted by atomic mass is 32.2. The van der Waals surface area contributed by atoms with Crippen molar-refractivity contribution in [2.24, 2.45) is 5.14 Å². The van der Waals surface area contributed by atoms with Crippen LogP contribution in [0.25, 0.3) is 16.9 Å². The number of hydrogen-bond acceptors (Lipinski definition) is 6. The highest BCUT2D eigenvalue weighted by Crippen LogP contribution is 2.22. The molecule has 0 aliphatic carbocycles. The fraction of sp³-hybridized carbons (Fsp3) is 0.0556. The SMILES string of the molecule is Cc1nc(-c2ccccc2)n2nc(Nc3ccc(S(N)(=O)=O)cc3)ncc12. The number of nitrogens with zero attached hydrogens (tertiary/aromatic N) is 4. The topological polar surface area (TPSA) is 115 Å². The second-order valence-corrected chi connectivity index (χ2v) is 7.52. The van der Waals surface area contributed by atoms with Crippen LogP contribution in [0.15, 0.2) is 65.7 Å². The molecule has 0 amide bonds. The van der Waals surface area contributed by atoms with Crippen molar-refractivity contribution in [2.75, 3.05) is 5.32 Å². The van der Waals surface area contributed by atoms with Crippen LogP contribution in [0.2, 0.25) is 0 Å². The van der Waals surface area contributed by atoms with Gasteiger partial charge in [-0.05, 0) is 31.2 Å². The van der Waals surface area contributed by atoms with E-state index in [2.05, 4.69) is 20.4 Å². The van der Waals surface area contributed by atoms with Crippen LogP contribution in [0.5, 0.6) is 0 Å². The first-order chi connectivity index (χ1) is 12.9. The molecule has 4 rings (SSSR count). The van der Waals surface area contributed by atoms with Gasteiger partial charge in [0.05, 0.1) is 16.8 Å². The number of nitrogens with two attached hydrogens (primary N) is 1. The summed E-state index contributed by atoms with van der Waals surface area (Å²) in [6, 6.07) is 15.8. The molecule has 2 aromatic carbocycles. The lowest BCUT2D eigenvalue weighted by molar-refractivity contribution is 0.598. The summed E-state index contributed by atoms with van der Waals surface area (Å²) in [5.41, 5.74) is 3.23. The van der Waals surface area contributed by atoms with Gasteiger partial charge in [-0.2, -0.15) is 0 Å². The second kappa shape index (κ2) is 6.45. The molecule has 0 unspecified atom stereocenters. The molecule has 2 heterocycles. The number of anilines is 2. The quantitative estimate of drug-likeness (QED) is 0.562. The summed E-state index contributed by atoms with van der Waals surface area (Å²) in [7, 11) is -3.73. The zero-order valence-electron chi connectivity index (χ0n) is 14.4. The van der Waals surface area contributed by atoms with Gasteiger partial charge in [0, 0.05) is 11.3 Å². The molecule has 2 aromatic heterocycles. The molecule has 4 aromatic rings. The summed E-state index contributed by atoms with van der Waals surface area (Å²) in [5.74, 6) is 1.08. The number of fused-ring (bicyclic) bond motifs is 1. The smallest absolute Gasteiger partial charge is 0.245 e. The van der Waals surface area contributed by atoms with Gasteiger partial charge in [0.25, 0.3) is 0 Å². The van der Waals surface area contributed by atoms with Gasteiger partial charge in [0.15, 0.2) is 5.82 Å². The zero-order chi connectivity index (χ0) is 19.0. The monoisotopic (exact) mass is 380 g/mol. The van der Waals surface area contributed by atoms with Crippen LogP contribution in [-0.2, 0) is 10.0 Å². The number of hydrogen-bond donors (Lipinski definition) is 2. The maximum absolute atomic E-state index is 11.3. The zero-order valence-corrected chi connectivity index (χ0v) is 15.2. The highest BCUT2D eigenvalue weighted by molar-refractivity contribution is 7.89. The summed E-state index contributed by atoms with van der Waals surface area (Å²) in [4.78, 5) is 8.96. The fourth-order valence-corrected chi connectivity index (χ4v) is 3.23. The third-order valence-electron chi connectivity index (χ3n) is 4.05. The maximum atomic E-state index is 11.3. The van der Waals surface area contributed by atoms with Gasteiger partial charge in [0.2, 0.25) is 16.0 Å². The molecule has 27 heavy (non-hydrogen) atoms. The Morgan fingerprint density at radius 2 is 1.74 bits per heavy atom. The molecule has 0 aliphatic heterocycles. The number of aryl methyl sites for hydroxylation is 1. The lowest BCUT2D eigenvalue weighted by Crippen LogP contribution is -2.11. The predicted octanol–water partition coefficient (Wildman–Crippen LogP) is 2.49. The third-order valence-corrected chi connectivity index (χ3v) is 4.98. The van der Waals surface area contributed by atoms with Crippen LogP contribution in [0.1, 0.15) is 5.69 Å². The van der Waals surface area contributed by atoms with E-state index in [4.69, 9.17) is 5.14 Å². The van der Waals surface area contributed by atoms with Crippen molar-refractivity contribution in [3.05, 3.63) is 66.5 Å². The van der Waals surface area contributed by atoms with Gasteiger partial charge in [-0.15, -0.1) is 5.10 Å². The molecule has 136 valence electrons. The number of imidazole rings is 1. The average Bonchev–Trinajstić information content (AvgIpc) is 2.98. The Hall–Kier alpha value is -3.30. The Morgan fingerprint density at radius 3 is 2.41 bits per heavy atom. The molecule has 0 saturated carbocycles. The number of aromatic nitrogens is 4. The van der Waals surface area contributed by atoms with Crippen LogP contribution in [0, 0.1) is 6.92 Å². The number of benzene rings is 2. The van der Waals surface area contributed by atoms with Crippen LogP contribution in [0.4, 0.5) is 11.6 Å². The van der Waals surface area contributed by atoms with Gasteiger partial charge in [-0.25, -0.2) is 28.0 Å². The second-order valence-electron chi connectivity index (χ2n) is 5.96. The van der Waals surface area contributed by atoms with Gasteiger partial charge < -0.3 is 5.32 Å². The molecule has 8 nitrogen and oxygen atoms in total. The summed E-state index contributed by atoms with van der Waals surface area (Å²) in [6.07, 6.45) is 1.70. The van der Waals surface area contributed by atoms with Crippen molar-refractivity contribution in [3.63, 3.8) is 0 Å². The summed E-state index contributed by atoms with van der Waals surface area (Å²) in [5, 5.41) is 12.7. The van der Waals surface area contributed by atoms with E-state index >= 15 is 0 Å². The van der Waals surface area contributed by atoms with Gasteiger partial charge in [0.1, 0.15) is 5.52 Å². The maximum Gasteiger partial charge on any atom is 0.245 e. The molecule has 0 fully saturated rings. The molecule has 0 radical (unpaired) electrons. The molecule has 0 saturated heterocycles. The van der Waals surface area contributed by atoms with E-state index in [-0.39, 0.29) is 4.90 Å². The predicted molar refractivity (Wildman–Crippen MR) is 102 cm³/mol. The van der Waals surface area contributed by atoms with Crippen molar-refractivity contribution in [1.29, 1.82) is 0 Å². The van der Waals surface area contributed by atoms with E-state index in [0.717, 1.165) is 22.6 Å². The third kappa shape index (κ3) is 3.37. The summed E-state index contributed by atoms with van der Waals surface area (Å²) in [6.45, 7) is 1.91. The lowest BCUT2D eigenvalue weighted by Gasteiger charge is -2.07. The van der Waals surface area contributed by atoms with Crippen molar-refractivity contribution in [1.82, 2.24) is 19.6 Å². The van der Waals surface area contributed by atoms with Crippen molar-refractivity contribution >= 4 is 27.2 Å². The molecular weight excluding hydrogens is 364 g/mol. The number of rotatable bonds is 4. The van der Waals surface area contributed by atoms with E-state index in [1.54, 1.807) is 22.8 Å². The molecular formula is C18H16N6O2S. The minimum absolute atomic E-state index is 0.0426. The van der Waals surface area contributed by atoms with Crippen LogP contribution in [0.3, 0.4) is 0 Å². The van der Waals surface area contributed by atoms with E-state index in [0.29, 0.717) is 11.6 Å². The van der Waals surface area contributed by atoms with Gasteiger partial charge in [-0.1, -0.05) is 30.3 Å². The van der Waals surface area contributed by atoms with E-state index in [1.165, 1.54) is 12.1 Å². The normalized spacial score (nSPS) is 11.6. The van der Waals surface area contributed by atoms with Crippen molar-refractivity contribution < 1.29 is 8.42 Å². The molecule has 9 heteroatoms. The van der Waals surface area contributed by atoms with Crippen LogP contribution >= 0.6 is 0 Å². The Labute approximate surface area is 155 Å². The summed E-state index contributed by atoms with van der Waals surface area (Å²) < 4.78 is 24.4. The molecule has 0 spiro atoms. The van der Waals surface area contributed by atoms with E-state index < -0.39 is 10.0 Å². The Balaban J connectivity index is 1.71. The molecule has 0 atom stereocenters.